The summed E-state index contributed by atoms with van der Waals surface area (Å²) in [5.41, 5.74) is -0.417. The maximum Gasteiger partial charge on any atom is 0.497 e. The lowest BCUT2D eigenvalue weighted by Gasteiger charge is -2.32. The molecule has 2 rings (SSSR count). The van der Waals surface area contributed by atoms with E-state index in [1.54, 1.807) is 23.9 Å². The number of halogens is 1. The van der Waals surface area contributed by atoms with Crippen molar-refractivity contribution in [3.05, 3.63) is 24.0 Å². The van der Waals surface area contributed by atoms with Crippen LogP contribution in [0.4, 0.5) is 4.39 Å². The van der Waals surface area contributed by atoms with E-state index >= 15 is 0 Å². The molecule has 0 atom stereocenters. The Bertz CT molecular complexity index is 446. The molecule has 0 unspecified atom stereocenters. The fraction of sp³-hybridized carbons (Fsp3) is 0.538. The van der Waals surface area contributed by atoms with Crippen LogP contribution in [0.25, 0.3) is 0 Å². The zero-order valence-electron chi connectivity index (χ0n) is 11.4. The van der Waals surface area contributed by atoms with Crippen molar-refractivity contribution < 1.29 is 13.7 Å². The van der Waals surface area contributed by atoms with Gasteiger partial charge in [-0.2, -0.15) is 0 Å². The highest BCUT2D eigenvalue weighted by atomic mass is 32.2. The molecule has 0 aliphatic carbocycles. The monoisotopic (exact) mass is 268 g/mol. The molecule has 1 aliphatic heterocycles. The summed E-state index contributed by atoms with van der Waals surface area (Å²) in [6.45, 7) is 7.85. The molecule has 0 saturated carbocycles. The van der Waals surface area contributed by atoms with Crippen LogP contribution in [-0.4, -0.2) is 24.6 Å². The smallest absolute Gasteiger partial charge is 0.399 e. The predicted molar refractivity (Wildman–Crippen MR) is 73.9 cm³/mol. The Hall–Kier alpha value is -0.515. The van der Waals surface area contributed by atoms with Crippen molar-refractivity contribution in [2.45, 2.75) is 43.8 Å². The predicted octanol–water partition coefficient (Wildman–Crippen LogP) is 2.85. The minimum Gasteiger partial charge on any atom is -0.399 e. The first kappa shape index (κ1) is 13.9. The molecule has 2 nitrogen and oxygen atoms in total. The Kier molecular flexibility index (Phi) is 3.51. The van der Waals surface area contributed by atoms with E-state index in [1.165, 1.54) is 6.07 Å². The van der Waals surface area contributed by atoms with Gasteiger partial charge in [-0.1, -0.05) is 0 Å². The fourth-order valence-corrected chi connectivity index (χ4v) is 2.25. The summed E-state index contributed by atoms with van der Waals surface area (Å²) in [6, 6.07) is 5.02. The molecule has 0 N–H and O–H groups in total. The van der Waals surface area contributed by atoms with Crippen LogP contribution in [0.1, 0.15) is 27.7 Å². The minimum atomic E-state index is -0.637. The summed E-state index contributed by atoms with van der Waals surface area (Å²) < 4.78 is 25.6. The Morgan fingerprint density at radius 1 is 1.11 bits per heavy atom. The van der Waals surface area contributed by atoms with Gasteiger partial charge in [-0.25, -0.2) is 4.39 Å². The molecular weight excluding hydrogens is 250 g/mol. The molecular formula is C13H18BFO2S. The van der Waals surface area contributed by atoms with E-state index in [9.17, 15) is 4.39 Å². The fourth-order valence-electron chi connectivity index (χ4n) is 1.80. The summed E-state index contributed by atoms with van der Waals surface area (Å²) >= 11 is 1.57. The van der Waals surface area contributed by atoms with Crippen molar-refractivity contribution >= 4 is 24.3 Å². The standard InChI is InChI=1S/C13H18BFO2S/c1-12(2)13(3,4)17-14(16-12)10-8-9(18-5)6-7-11(10)15/h6-8H,1-5H3. The van der Waals surface area contributed by atoms with E-state index in [0.717, 1.165) is 4.90 Å². The second-order valence-corrected chi connectivity index (χ2v) is 6.36. The number of hydrogen-bond donors (Lipinski definition) is 0. The Morgan fingerprint density at radius 3 is 2.17 bits per heavy atom. The summed E-state index contributed by atoms with van der Waals surface area (Å²) in [7, 11) is -0.637. The second kappa shape index (κ2) is 4.55. The first-order chi connectivity index (χ1) is 8.27. The van der Waals surface area contributed by atoms with Gasteiger partial charge in [0, 0.05) is 10.4 Å². The zero-order chi connectivity index (χ0) is 13.6. The lowest BCUT2D eigenvalue weighted by atomic mass is 9.79. The van der Waals surface area contributed by atoms with Crippen LogP contribution >= 0.6 is 11.8 Å². The maximum absolute atomic E-state index is 13.9. The Labute approximate surface area is 112 Å². The molecule has 1 heterocycles. The summed E-state index contributed by atoms with van der Waals surface area (Å²) in [6.07, 6.45) is 1.96. The van der Waals surface area contributed by atoms with Gasteiger partial charge in [0.1, 0.15) is 5.82 Å². The zero-order valence-corrected chi connectivity index (χ0v) is 12.2. The van der Waals surface area contributed by atoms with Crippen LogP contribution in [0, 0.1) is 5.82 Å². The highest BCUT2D eigenvalue weighted by molar-refractivity contribution is 7.98. The third kappa shape index (κ3) is 2.31. The molecule has 1 aromatic carbocycles. The minimum absolute atomic E-state index is 0.286. The molecule has 0 spiro atoms. The highest BCUT2D eigenvalue weighted by Crippen LogP contribution is 2.36. The molecule has 1 aromatic rings. The number of hydrogen-bond acceptors (Lipinski definition) is 3. The van der Waals surface area contributed by atoms with Crippen LogP contribution in [0.3, 0.4) is 0 Å². The average molecular weight is 268 g/mol. The largest absolute Gasteiger partial charge is 0.497 e. The number of rotatable bonds is 2. The van der Waals surface area contributed by atoms with Crippen LogP contribution in [-0.2, 0) is 9.31 Å². The van der Waals surface area contributed by atoms with Crippen molar-refractivity contribution in [2.75, 3.05) is 6.26 Å². The van der Waals surface area contributed by atoms with Crippen LogP contribution < -0.4 is 5.46 Å². The van der Waals surface area contributed by atoms with E-state index in [-0.39, 0.29) is 5.82 Å². The van der Waals surface area contributed by atoms with Gasteiger partial charge >= 0.3 is 7.12 Å². The summed E-state index contributed by atoms with van der Waals surface area (Å²) in [5.74, 6) is -0.286. The molecule has 0 amide bonds. The van der Waals surface area contributed by atoms with Crippen molar-refractivity contribution in [2.24, 2.45) is 0 Å². The molecule has 1 saturated heterocycles. The second-order valence-electron chi connectivity index (χ2n) is 5.48. The van der Waals surface area contributed by atoms with E-state index < -0.39 is 18.3 Å². The van der Waals surface area contributed by atoms with E-state index in [1.807, 2.05) is 34.0 Å². The van der Waals surface area contributed by atoms with Gasteiger partial charge in [0.15, 0.2) is 0 Å². The lowest BCUT2D eigenvalue weighted by Crippen LogP contribution is -2.41. The van der Waals surface area contributed by atoms with Gasteiger partial charge in [0.2, 0.25) is 0 Å². The first-order valence-electron chi connectivity index (χ1n) is 5.96. The van der Waals surface area contributed by atoms with Crippen LogP contribution in [0.5, 0.6) is 0 Å². The maximum atomic E-state index is 13.9. The van der Waals surface area contributed by atoms with Crippen molar-refractivity contribution in [3.8, 4) is 0 Å². The molecule has 0 aromatic heterocycles. The van der Waals surface area contributed by atoms with Crippen molar-refractivity contribution in [1.82, 2.24) is 0 Å². The van der Waals surface area contributed by atoms with E-state index in [0.29, 0.717) is 5.46 Å². The van der Waals surface area contributed by atoms with Gasteiger partial charge in [-0.3, -0.25) is 0 Å². The Morgan fingerprint density at radius 2 is 1.67 bits per heavy atom. The summed E-state index contributed by atoms with van der Waals surface area (Å²) in [4.78, 5) is 1.00. The third-order valence-corrected chi connectivity index (χ3v) is 4.44. The van der Waals surface area contributed by atoms with Crippen LogP contribution in [0.15, 0.2) is 23.1 Å². The molecule has 0 bridgehead atoms. The number of benzene rings is 1. The SMILES string of the molecule is CSc1ccc(F)c(B2OC(C)(C)C(C)(C)O2)c1. The highest BCUT2D eigenvalue weighted by Gasteiger charge is 2.52. The lowest BCUT2D eigenvalue weighted by molar-refractivity contribution is 0.00578. The Balaban J connectivity index is 2.34. The average Bonchev–Trinajstić information content (AvgIpc) is 2.48. The molecule has 98 valence electrons. The van der Waals surface area contributed by atoms with Crippen LogP contribution in [0.2, 0.25) is 0 Å². The summed E-state index contributed by atoms with van der Waals surface area (Å²) in [5, 5.41) is 0. The molecule has 1 aliphatic rings. The van der Waals surface area contributed by atoms with Crippen molar-refractivity contribution in [1.29, 1.82) is 0 Å². The van der Waals surface area contributed by atoms with Gasteiger partial charge in [0.05, 0.1) is 11.2 Å². The first-order valence-corrected chi connectivity index (χ1v) is 7.18. The van der Waals surface area contributed by atoms with Gasteiger partial charge < -0.3 is 9.31 Å². The number of thioether (sulfide) groups is 1. The third-order valence-electron chi connectivity index (χ3n) is 3.71. The van der Waals surface area contributed by atoms with Gasteiger partial charge in [-0.15, -0.1) is 11.8 Å². The topological polar surface area (TPSA) is 18.5 Å². The van der Waals surface area contributed by atoms with Gasteiger partial charge in [0.25, 0.3) is 0 Å². The normalized spacial score (nSPS) is 21.3. The molecule has 1 fully saturated rings. The quantitative estimate of drug-likeness (QED) is 0.607. The van der Waals surface area contributed by atoms with E-state index in [4.69, 9.17) is 9.31 Å². The molecule has 0 radical (unpaired) electrons. The molecule has 18 heavy (non-hydrogen) atoms. The molecule has 5 heteroatoms. The van der Waals surface area contributed by atoms with Gasteiger partial charge in [-0.05, 0) is 52.1 Å². The van der Waals surface area contributed by atoms with E-state index in [2.05, 4.69) is 0 Å². The van der Waals surface area contributed by atoms with Crippen molar-refractivity contribution in [3.63, 3.8) is 0 Å².